The molecule has 1 aromatic carbocycles. The molecule has 0 amide bonds. The summed E-state index contributed by atoms with van der Waals surface area (Å²) in [6, 6.07) is 5.83. The zero-order valence-electron chi connectivity index (χ0n) is 10.6. The molecule has 0 aliphatic rings. The van der Waals surface area contributed by atoms with Crippen molar-refractivity contribution in [2.45, 2.75) is 11.1 Å². The maximum atomic E-state index is 13.0. The van der Waals surface area contributed by atoms with Crippen molar-refractivity contribution >= 4 is 21.4 Å². The lowest BCUT2D eigenvalue weighted by molar-refractivity contribution is -0.137. The molecule has 0 radical (unpaired) electrons. The van der Waals surface area contributed by atoms with Gasteiger partial charge in [0.05, 0.1) is 10.5 Å². The minimum atomic E-state index is -4.59. The summed E-state index contributed by atoms with van der Waals surface area (Å²) in [5.41, 5.74) is -1.05. The van der Waals surface area contributed by atoms with Crippen molar-refractivity contribution in [3.05, 3.63) is 47.2 Å². The van der Waals surface area contributed by atoms with Crippen molar-refractivity contribution in [1.82, 2.24) is 4.98 Å². The average Bonchev–Trinajstić information content (AvgIpc) is 2.36. The molecule has 3 nitrogen and oxygen atoms in total. The van der Waals surface area contributed by atoms with Crippen LogP contribution in [-0.4, -0.2) is 19.7 Å². The summed E-state index contributed by atoms with van der Waals surface area (Å²) in [5, 5.41) is -0.295. The number of alkyl halides is 3. The van der Waals surface area contributed by atoms with E-state index in [1.807, 2.05) is 0 Å². The smallest absolute Gasteiger partial charge is 0.244 e. The normalized spacial score (nSPS) is 12.4. The van der Waals surface area contributed by atoms with Gasteiger partial charge >= 0.3 is 6.18 Å². The molecule has 0 bridgehead atoms. The molecule has 0 aliphatic carbocycles. The van der Waals surface area contributed by atoms with Crippen LogP contribution >= 0.6 is 11.6 Å². The van der Waals surface area contributed by atoms with Gasteiger partial charge in [-0.3, -0.25) is 0 Å². The summed E-state index contributed by atoms with van der Waals surface area (Å²) in [6.45, 7) is 0. The summed E-state index contributed by atoms with van der Waals surface area (Å²) in [6.07, 6.45) is -2.60. The Balaban J connectivity index is 2.63. The van der Waals surface area contributed by atoms with E-state index in [4.69, 9.17) is 11.6 Å². The van der Waals surface area contributed by atoms with E-state index in [9.17, 15) is 21.6 Å². The Hall–Kier alpha value is -1.60. The predicted molar refractivity (Wildman–Crippen MR) is 72.8 cm³/mol. The molecular weight excluding hydrogens is 327 g/mol. The number of sulfone groups is 1. The minimum absolute atomic E-state index is 0.0137. The molecule has 0 N–H and O–H groups in total. The Morgan fingerprint density at radius 3 is 2.14 bits per heavy atom. The van der Waals surface area contributed by atoms with Crippen LogP contribution in [0.1, 0.15) is 5.56 Å². The van der Waals surface area contributed by atoms with E-state index in [-0.39, 0.29) is 21.2 Å². The van der Waals surface area contributed by atoms with Crippen LogP contribution in [-0.2, 0) is 16.0 Å². The van der Waals surface area contributed by atoms with Crippen molar-refractivity contribution in [1.29, 1.82) is 0 Å². The lowest BCUT2D eigenvalue weighted by Crippen LogP contribution is -2.08. The van der Waals surface area contributed by atoms with Gasteiger partial charge in [-0.15, -0.1) is 0 Å². The summed E-state index contributed by atoms with van der Waals surface area (Å²) >= 11 is 5.77. The molecule has 2 rings (SSSR count). The van der Waals surface area contributed by atoms with Gasteiger partial charge in [-0.2, -0.15) is 13.2 Å². The number of hydrogen-bond acceptors (Lipinski definition) is 3. The van der Waals surface area contributed by atoms with Crippen LogP contribution in [0.15, 0.2) is 41.4 Å². The SMILES string of the molecule is CS(=O)(=O)c1ccc(-c2c(C(F)(F)F)ccnc2Cl)cc1. The predicted octanol–water partition coefficient (Wildman–Crippen LogP) is 3.82. The first-order chi connectivity index (χ1) is 9.60. The molecule has 0 saturated carbocycles. The Morgan fingerprint density at radius 2 is 1.67 bits per heavy atom. The largest absolute Gasteiger partial charge is 0.417 e. The number of hydrogen-bond donors (Lipinski definition) is 0. The van der Waals surface area contributed by atoms with Crippen molar-refractivity contribution < 1.29 is 21.6 Å². The molecule has 0 unspecified atom stereocenters. The van der Waals surface area contributed by atoms with Gasteiger partial charge in [-0.25, -0.2) is 13.4 Å². The Bertz CT molecular complexity index is 771. The number of halogens is 4. The highest BCUT2D eigenvalue weighted by atomic mass is 35.5. The summed E-state index contributed by atoms with van der Waals surface area (Å²) in [5.74, 6) is 0. The lowest BCUT2D eigenvalue weighted by Gasteiger charge is -2.14. The van der Waals surface area contributed by atoms with Crippen molar-refractivity contribution in [3.8, 4) is 11.1 Å². The highest BCUT2D eigenvalue weighted by molar-refractivity contribution is 7.90. The second-order valence-electron chi connectivity index (χ2n) is 4.32. The molecule has 0 fully saturated rings. The van der Waals surface area contributed by atoms with Crippen molar-refractivity contribution in [3.63, 3.8) is 0 Å². The highest BCUT2D eigenvalue weighted by Crippen LogP contribution is 2.39. The van der Waals surface area contributed by atoms with Gasteiger partial charge < -0.3 is 0 Å². The van der Waals surface area contributed by atoms with Gasteiger partial charge in [0, 0.05) is 18.0 Å². The van der Waals surface area contributed by atoms with Crippen LogP contribution < -0.4 is 0 Å². The van der Waals surface area contributed by atoms with E-state index in [0.29, 0.717) is 0 Å². The molecule has 0 spiro atoms. The van der Waals surface area contributed by atoms with Crippen LogP contribution in [0, 0.1) is 0 Å². The monoisotopic (exact) mass is 335 g/mol. The van der Waals surface area contributed by atoms with Gasteiger partial charge in [-0.1, -0.05) is 23.7 Å². The topological polar surface area (TPSA) is 47.0 Å². The Morgan fingerprint density at radius 1 is 1.10 bits per heavy atom. The van der Waals surface area contributed by atoms with Gasteiger partial charge in [-0.05, 0) is 23.8 Å². The van der Waals surface area contributed by atoms with Gasteiger partial charge in [0.15, 0.2) is 9.84 Å². The fraction of sp³-hybridized carbons (Fsp3) is 0.154. The Kier molecular flexibility index (Phi) is 3.99. The third-order valence-electron chi connectivity index (χ3n) is 2.78. The first kappa shape index (κ1) is 15.8. The first-order valence-electron chi connectivity index (χ1n) is 5.63. The molecular formula is C13H9ClF3NO2S. The van der Waals surface area contributed by atoms with E-state index < -0.39 is 21.6 Å². The number of rotatable bonds is 2. The quantitative estimate of drug-likeness (QED) is 0.784. The van der Waals surface area contributed by atoms with Gasteiger partial charge in [0.25, 0.3) is 0 Å². The highest BCUT2D eigenvalue weighted by Gasteiger charge is 2.35. The first-order valence-corrected chi connectivity index (χ1v) is 7.90. The van der Waals surface area contributed by atoms with E-state index in [2.05, 4.69) is 4.98 Å². The zero-order valence-corrected chi connectivity index (χ0v) is 12.2. The second kappa shape index (κ2) is 5.31. The fourth-order valence-corrected chi connectivity index (χ4v) is 2.71. The molecule has 1 aromatic heterocycles. The molecule has 0 aliphatic heterocycles. The number of pyridine rings is 1. The van der Waals surface area contributed by atoms with E-state index in [1.54, 1.807) is 0 Å². The number of benzene rings is 1. The summed E-state index contributed by atoms with van der Waals surface area (Å²) < 4.78 is 61.7. The number of nitrogens with zero attached hydrogens (tertiary/aromatic N) is 1. The second-order valence-corrected chi connectivity index (χ2v) is 6.69. The third kappa shape index (κ3) is 3.36. The van der Waals surface area contributed by atoms with Crippen LogP contribution in [0.4, 0.5) is 13.2 Å². The van der Waals surface area contributed by atoms with Crippen LogP contribution in [0.25, 0.3) is 11.1 Å². The molecule has 0 atom stereocenters. The zero-order chi connectivity index (χ0) is 15.8. The van der Waals surface area contributed by atoms with Crippen LogP contribution in [0.5, 0.6) is 0 Å². The van der Waals surface area contributed by atoms with Crippen molar-refractivity contribution in [2.75, 3.05) is 6.26 Å². The van der Waals surface area contributed by atoms with Gasteiger partial charge in [0.2, 0.25) is 0 Å². The minimum Gasteiger partial charge on any atom is -0.244 e. The molecule has 8 heteroatoms. The lowest BCUT2D eigenvalue weighted by atomic mass is 10.0. The summed E-state index contributed by atoms with van der Waals surface area (Å²) in [4.78, 5) is 3.66. The maximum absolute atomic E-state index is 13.0. The molecule has 21 heavy (non-hydrogen) atoms. The van der Waals surface area contributed by atoms with E-state index in [1.165, 1.54) is 24.3 Å². The van der Waals surface area contributed by atoms with Crippen LogP contribution in [0.3, 0.4) is 0 Å². The third-order valence-corrected chi connectivity index (χ3v) is 4.20. The van der Waals surface area contributed by atoms with Crippen molar-refractivity contribution in [2.24, 2.45) is 0 Å². The van der Waals surface area contributed by atoms with Gasteiger partial charge in [0.1, 0.15) is 5.15 Å². The molecule has 112 valence electrons. The van der Waals surface area contributed by atoms with Crippen LogP contribution in [0.2, 0.25) is 5.15 Å². The standard InChI is InChI=1S/C13H9ClF3NO2S/c1-21(19,20)9-4-2-8(3-5-9)11-10(13(15,16)17)6-7-18-12(11)14/h2-7H,1H3. The maximum Gasteiger partial charge on any atom is 0.417 e. The van der Waals surface area contributed by atoms with E-state index in [0.717, 1.165) is 18.5 Å². The summed E-state index contributed by atoms with van der Waals surface area (Å²) in [7, 11) is -3.42. The Labute approximate surface area is 124 Å². The average molecular weight is 336 g/mol. The molecule has 0 saturated heterocycles. The molecule has 1 heterocycles. The number of aromatic nitrogens is 1. The fourth-order valence-electron chi connectivity index (χ4n) is 1.82. The molecule has 2 aromatic rings. The van der Waals surface area contributed by atoms with E-state index >= 15 is 0 Å².